The fourth-order valence-corrected chi connectivity index (χ4v) is 2.52. The van der Waals surface area contributed by atoms with Crippen LogP contribution in [0.5, 0.6) is 0 Å². The maximum absolute atomic E-state index is 9.39. The summed E-state index contributed by atoms with van der Waals surface area (Å²) < 4.78 is 0. The number of aryl methyl sites for hydroxylation is 1. The molecule has 3 N–H and O–H groups in total. The summed E-state index contributed by atoms with van der Waals surface area (Å²) in [7, 11) is 0. The van der Waals surface area contributed by atoms with Gasteiger partial charge in [-0.1, -0.05) is 54.6 Å². The van der Waals surface area contributed by atoms with Crippen LogP contribution in [0.2, 0.25) is 0 Å². The lowest BCUT2D eigenvalue weighted by atomic mass is 10.1. The van der Waals surface area contributed by atoms with Crippen molar-refractivity contribution in [2.24, 2.45) is 4.99 Å². The quantitative estimate of drug-likeness (QED) is 0.248. The highest BCUT2D eigenvalue weighted by Gasteiger charge is 2.01. The van der Waals surface area contributed by atoms with Gasteiger partial charge in [0.1, 0.15) is 0 Å². The zero-order chi connectivity index (χ0) is 17.0. The van der Waals surface area contributed by atoms with Gasteiger partial charge in [0.15, 0.2) is 5.96 Å². The molecule has 0 radical (unpaired) electrons. The minimum atomic E-state index is 0. The Hall–Kier alpha value is -1.60. The number of aliphatic imine (C=N–C) groups is 1. The molecule has 25 heavy (non-hydrogen) atoms. The highest BCUT2D eigenvalue weighted by Crippen LogP contribution is 2.09. The van der Waals surface area contributed by atoms with Crippen molar-refractivity contribution < 1.29 is 5.11 Å². The van der Waals surface area contributed by atoms with Gasteiger partial charge in [-0.2, -0.15) is 0 Å². The third-order valence-electron chi connectivity index (χ3n) is 3.82. The van der Waals surface area contributed by atoms with Gasteiger partial charge < -0.3 is 15.7 Å². The van der Waals surface area contributed by atoms with E-state index in [2.05, 4.69) is 46.8 Å². The number of hydrogen-bond acceptors (Lipinski definition) is 2. The molecule has 5 heteroatoms. The number of aliphatic hydroxyl groups excluding tert-OH is 1. The second kappa shape index (κ2) is 12.7. The van der Waals surface area contributed by atoms with Gasteiger partial charge in [-0.15, -0.1) is 24.0 Å². The van der Waals surface area contributed by atoms with Gasteiger partial charge in [0.05, 0.1) is 13.2 Å². The first-order chi connectivity index (χ1) is 11.8. The molecule has 0 atom stereocenters. The molecular formula is C20H28IN3O. The van der Waals surface area contributed by atoms with Crippen molar-refractivity contribution in [2.75, 3.05) is 13.1 Å². The lowest BCUT2D eigenvalue weighted by Crippen LogP contribution is -2.37. The Morgan fingerprint density at radius 3 is 2.32 bits per heavy atom. The van der Waals surface area contributed by atoms with Crippen LogP contribution in [-0.4, -0.2) is 24.2 Å². The summed E-state index contributed by atoms with van der Waals surface area (Å²) in [5.41, 5.74) is 3.35. The Morgan fingerprint density at radius 1 is 0.960 bits per heavy atom. The second-order valence-electron chi connectivity index (χ2n) is 5.64. The number of guanidine groups is 1. The van der Waals surface area contributed by atoms with Gasteiger partial charge in [-0.3, -0.25) is 0 Å². The number of hydrogen-bond donors (Lipinski definition) is 3. The molecule has 136 valence electrons. The molecule has 0 saturated heterocycles. The molecule has 0 bridgehead atoms. The van der Waals surface area contributed by atoms with Crippen LogP contribution in [0, 0.1) is 0 Å². The van der Waals surface area contributed by atoms with E-state index >= 15 is 0 Å². The monoisotopic (exact) mass is 453 g/mol. The van der Waals surface area contributed by atoms with E-state index in [1.54, 1.807) is 0 Å². The van der Waals surface area contributed by atoms with Crippen molar-refractivity contribution in [1.29, 1.82) is 0 Å². The first kappa shape index (κ1) is 21.4. The molecule has 2 aromatic carbocycles. The summed E-state index contributed by atoms with van der Waals surface area (Å²) >= 11 is 0. The highest BCUT2D eigenvalue weighted by atomic mass is 127. The Morgan fingerprint density at radius 2 is 1.64 bits per heavy atom. The molecule has 0 aromatic heterocycles. The van der Waals surface area contributed by atoms with Crippen LogP contribution in [0.1, 0.15) is 30.0 Å². The van der Waals surface area contributed by atoms with Crippen LogP contribution in [0.15, 0.2) is 59.6 Å². The van der Waals surface area contributed by atoms with E-state index in [4.69, 9.17) is 0 Å². The van der Waals surface area contributed by atoms with Crippen molar-refractivity contribution in [3.05, 3.63) is 71.3 Å². The zero-order valence-corrected chi connectivity index (χ0v) is 17.1. The predicted octanol–water partition coefficient (Wildman–Crippen LogP) is 3.48. The molecule has 2 aromatic rings. The molecule has 0 amide bonds. The van der Waals surface area contributed by atoms with E-state index in [0.29, 0.717) is 6.54 Å². The summed E-state index contributed by atoms with van der Waals surface area (Å²) in [6, 6.07) is 18.4. The van der Waals surface area contributed by atoms with E-state index in [9.17, 15) is 5.11 Å². The highest BCUT2D eigenvalue weighted by molar-refractivity contribution is 14.0. The van der Waals surface area contributed by atoms with E-state index in [0.717, 1.165) is 43.0 Å². The first-order valence-electron chi connectivity index (χ1n) is 8.57. The van der Waals surface area contributed by atoms with Crippen molar-refractivity contribution >= 4 is 29.9 Å². The van der Waals surface area contributed by atoms with Crippen LogP contribution in [0.4, 0.5) is 0 Å². The fourth-order valence-electron chi connectivity index (χ4n) is 2.52. The lowest BCUT2D eigenvalue weighted by molar-refractivity contribution is 0.280. The third-order valence-corrected chi connectivity index (χ3v) is 3.82. The molecule has 0 saturated carbocycles. The summed E-state index contributed by atoms with van der Waals surface area (Å²) in [5, 5.41) is 16.0. The Bertz CT molecular complexity index is 632. The minimum Gasteiger partial charge on any atom is -0.392 e. The average molecular weight is 453 g/mol. The van der Waals surface area contributed by atoms with E-state index < -0.39 is 0 Å². The number of benzene rings is 2. The van der Waals surface area contributed by atoms with Crippen molar-refractivity contribution in [1.82, 2.24) is 10.6 Å². The number of rotatable bonds is 8. The number of nitrogens with zero attached hydrogens (tertiary/aromatic N) is 1. The number of nitrogens with one attached hydrogen (secondary N) is 2. The molecule has 0 fully saturated rings. The Kier molecular flexibility index (Phi) is 10.9. The van der Waals surface area contributed by atoms with Crippen molar-refractivity contribution in [3.8, 4) is 0 Å². The van der Waals surface area contributed by atoms with Gasteiger partial charge >= 0.3 is 0 Å². The third kappa shape index (κ3) is 7.88. The van der Waals surface area contributed by atoms with Gasteiger partial charge in [-0.05, 0) is 36.5 Å². The Balaban J connectivity index is 0.00000312. The average Bonchev–Trinajstić information content (AvgIpc) is 2.64. The molecule has 0 aliphatic carbocycles. The van der Waals surface area contributed by atoms with Crippen LogP contribution < -0.4 is 10.6 Å². The van der Waals surface area contributed by atoms with Crippen LogP contribution in [0.3, 0.4) is 0 Å². The molecule has 0 spiro atoms. The van der Waals surface area contributed by atoms with Crippen LogP contribution in [0.25, 0.3) is 0 Å². The van der Waals surface area contributed by atoms with Crippen LogP contribution >= 0.6 is 24.0 Å². The SMILES string of the molecule is CCNC(=NCc1ccccc1CO)NCCCc1ccccc1.I. The Labute approximate surface area is 167 Å². The summed E-state index contributed by atoms with van der Waals surface area (Å²) in [4.78, 5) is 4.62. The summed E-state index contributed by atoms with van der Waals surface area (Å²) in [6.07, 6.45) is 2.11. The number of aliphatic hydroxyl groups is 1. The summed E-state index contributed by atoms with van der Waals surface area (Å²) in [6.45, 7) is 4.37. The molecule has 2 rings (SSSR count). The summed E-state index contributed by atoms with van der Waals surface area (Å²) in [5.74, 6) is 0.818. The van der Waals surface area contributed by atoms with Gasteiger partial charge in [0.25, 0.3) is 0 Å². The maximum Gasteiger partial charge on any atom is 0.191 e. The van der Waals surface area contributed by atoms with Gasteiger partial charge in [-0.25, -0.2) is 4.99 Å². The van der Waals surface area contributed by atoms with E-state index in [-0.39, 0.29) is 30.6 Å². The molecule has 0 heterocycles. The maximum atomic E-state index is 9.39. The lowest BCUT2D eigenvalue weighted by Gasteiger charge is -2.12. The zero-order valence-electron chi connectivity index (χ0n) is 14.7. The van der Waals surface area contributed by atoms with Crippen molar-refractivity contribution in [3.63, 3.8) is 0 Å². The predicted molar refractivity (Wildman–Crippen MR) is 115 cm³/mol. The van der Waals surface area contributed by atoms with E-state index in [1.165, 1.54) is 5.56 Å². The second-order valence-corrected chi connectivity index (χ2v) is 5.64. The van der Waals surface area contributed by atoms with Crippen molar-refractivity contribution in [2.45, 2.75) is 32.9 Å². The molecule has 0 unspecified atom stereocenters. The topological polar surface area (TPSA) is 56.7 Å². The molecule has 4 nitrogen and oxygen atoms in total. The fraction of sp³-hybridized carbons (Fsp3) is 0.350. The first-order valence-corrected chi connectivity index (χ1v) is 8.57. The standard InChI is InChI=1S/C20H27N3O.HI/c1-2-21-20(22-14-8-11-17-9-4-3-5-10-17)23-15-18-12-6-7-13-19(18)16-24;/h3-7,9-10,12-13,24H,2,8,11,14-16H2,1H3,(H2,21,22,23);1H. The molecule has 0 aliphatic heterocycles. The number of halogens is 1. The van der Waals surface area contributed by atoms with Gasteiger partial charge in [0.2, 0.25) is 0 Å². The van der Waals surface area contributed by atoms with E-state index in [1.807, 2.05) is 30.3 Å². The largest absolute Gasteiger partial charge is 0.392 e. The van der Waals surface area contributed by atoms with Crippen LogP contribution in [-0.2, 0) is 19.6 Å². The van der Waals surface area contributed by atoms with Gasteiger partial charge in [0, 0.05) is 13.1 Å². The smallest absolute Gasteiger partial charge is 0.191 e. The molecular weight excluding hydrogens is 425 g/mol. The normalized spacial score (nSPS) is 10.9. The minimum absolute atomic E-state index is 0. The molecule has 0 aliphatic rings.